The number of alkyl halides is 1. The van der Waals surface area contributed by atoms with Gasteiger partial charge in [-0.05, 0) is 25.3 Å². The molecule has 1 aliphatic carbocycles. The Morgan fingerprint density at radius 2 is 2.10 bits per heavy atom. The van der Waals surface area contributed by atoms with Gasteiger partial charge in [0.15, 0.2) is 6.30 Å². The van der Waals surface area contributed by atoms with Crippen molar-refractivity contribution < 1.29 is 22.4 Å². The molecule has 30 heavy (non-hydrogen) atoms. The number of hydrogen-bond donors (Lipinski definition) is 3. The summed E-state index contributed by atoms with van der Waals surface area (Å²) in [7, 11) is -2.39. The molecule has 3 N–H and O–H groups in total. The predicted octanol–water partition coefficient (Wildman–Crippen LogP) is -0.906. The number of hydrogen-bond acceptors (Lipinski definition) is 7. The van der Waals surface area contributed by atoms with E-state index in [4.69, 9.17) is 0 Å². The molecule has 0 radical (unpaired) electrons. The molecule has 12 heteroatoms. The summed E-state index contributed by atoms with van der Waals surface area (Å²) >= 11 is 0. The third kappa shape index (κ3) is 3.57. The number of halogens is 1. The van der Waals surface area contributed by atoms with Crippen molar-refractivity contribution in [2.45, 2.75) is 42.9 Å². The molecule has 5 unspecified atom stereocenters. The Morgan fingerprint density at radius 1 is 1.33 bits per heavy atom. The summed E-state index contributed by atoms with van der Waals surface area (Å²) in [6.07, 6.45) is 1.43. The molecule has 3 heterocycles. The highest BCUT2D eigenvalue weighted by molar-refractivity contribution is 7.89. The van der Waals surface area contributed by atoms with Crippen molar-refractivity contribution in [2.24, 2.45) is 18.9 Å². The topological polar surface area (TPSA) is 130 Å². The van der Waals surface area contributed by atoms with Gasteiger partial charge in [-0.25, -0.2) is 18.2 Å². The zero-order valence-corrected chi connectivity index (χ0v) is 17.1. The Labute approximate surface area is 172 Å². The molecule has 6 atom stereocenters. The minimum atomic E-state index is -3.97. The summed E-state index contributed by atoms with van der Waals surface area (Å²) in [4.78, 5) is 35.7. The predicted molar refractivity (Wildman–Crippen MR) is 105 cm³/mol. The Kier molecular flexibility index (Phi) is 5.51. The molecule has 1 amide bonds. The van der Waals surface area contributed by atoms with Crippen molar-refractivity contribution in [1.29, 1.82) is 0 Å². The first-order valence-corrected chi connectivity index (χ1v) is 11.3. The van der Waals surface area contributed by atoms with E-state index in [1.165, 1.54) is 16.8 Å². The number of rotatable bonds is 5. The second-order valence-corrected chi connectivity index (χ2v) is 10.2. The summed E-state index contributed by atoms with van der Waals surface area (Å²) in [6.45, 7) is 0.170. The van der Waals surface area contributed by atoms with E-state index in [-0.39, 0.29) is 30.6 Å². The fourth-order valence-corrected chi connectivity index (χ4v) is 6.87. The van der Waals surface area contributed by atoms with Crippen molar-refractivity contribution in [3.63, 3.8) is 0 Å². The zero-order chi connectivity index (χ0) is 21.6. The van der Waals surface area contributed by atoms with Crippen molar-refractivity contribution in [3.05, 3.63) is 28.7 Å². The number of fused-ring (bicyclic) bond motifs is 1. The molecule has 3 aliphatic rings. The van der Waals surface area contributed by atoms with E-state index < -0.39 is 51.4 Å². The number of aromatic nitrogens is 1. The monoisotopic (exact) mass is 441 g/mol. The molecule has 0 aromatic carbocycles. The summed E-state index contributed by atoms with van der Waals surface area (Å²) in [5.74, 6) is -1.72. The zero-order valence-electron chi connectivity index (χ0n) is 16.3. The van der Waals surface area contributed by atoms with Gasteiger partial charge in [-0.15, -0.1) is 0 Å². The van der Waals surface area contributed by atoms with Gasteiger partial charge in [-0.3, -0.25) is 15.0 Å². The van der Waals surface area contributed by atoms with E-state index >= 15 is 0 Å². The van der Waals surface area contributed by atoms with Gasteiger partial charge >= 0.3 is 0 Å². The largest absolute Gasteiger partial charge is 0.324 e. The lowest BCUT2D eigenvalue weighted by Gasteiger charge is -2.44. The highest BCUT2D eigenvalue weighted by atomic mass is 32.2. The van der Waals surface area contributed by atoms with Crippen LogP contribution in [0.25, 0.3) is 0 Å². The van der Waals surface area contributed by atoms with Gasteiger partial charge in [0.05, 0.1) is 5.25 Å². The second-order valence-electron chi connectivity index (χ2n) is 8.10. The number of aryl methyl sites for hydroxylation is 1. The lowest BCUT2D eigenvalue weighted by molar-refractivity contribution is -0.122. The summed E-state index contributed by atoms with van der Waals surface area (Å²) < 4.78 is 43.3. The minimum Gasteiger partial charge on any atom is -0.324 e. The van der Waals surface area contributed by atoms with Gasteiger partial charge in [0.1, 0.15) is 12.3 Å². The van der Waals surface area contributed by atoms with Gasteiger partial charge in [0.25, 0.3) is 5.56 Å². The number of carbonyl (C=O) groups excluding carboxylic acids is 2. The first-order valence-electron chi connectivity index (χ1n) is 9.81. The number of nitrogens with one attached hydrogen (secondary N) is 3. The van der Waals surface area contributed by atoms with E-state index in [0.717, 1.165) is 4.31 Å². The molecule has 0 bridgehead atoms. The van der Waals surface area contributed by atoms with Crippen LogP contribution >= 0.6 is 0 Å². The normalized spacial score (nSPS) is 34.1. The first-order chi connectivity index (χ1) is 14.2. The number of hydrazine groups is 1. The molecule has 10 nitrogen and oxygen atoms in total. The molecule has 164 valence electrons. The lowest BCUT2D eigenvalue weighted by atomic mass is 9.79. The Morgan fingerprint density at radius 3 is 2.73 bits per heavy atom. The average Bonchev–Trinajstić information content (AvgIpc) is 3.03. The minimum absolute atomic E-state index is 0.0773. The van der Waals surface area contributed by atoms with E-state index in [1.807, 2.05) is 0 Å². The third-order valence-electron chi connectivity index (χ3n) is 6.28. The van der Waals surface area contributed by atoms with Crippen molar-refractivity contribution >= 4 is 27.9 Å². The van der Waals surface area contributed by atoms with Gasteiger partial charge < -0.3 is 14.7 Å². The van der Waals surface area contributed by atoms with Gasteiger partial charge in [-0.1, -0.05) is 0 Å². The fourth-order valence-electron chi connectivity index (χ4n) is 4.47. The SMILES string of the molecule is Cn1ccc(NC(=O)[C@@H]2CCN2S(=O)(=O)C2CC(C=O)CC3C(F)NNC32)cc1=O. The third-order valence-corrected chi connectivity index (χ3v) is 8.62. The molecule has 4 rings (SSSR count). The van der Waals surface area contributed by atoms with Crippen molar-refractivity contribution in [1.82, 2.24) is 19.7 Å². The fraction of sp³-hybridized carbons (Fsp3) is 0.611. The smallest absolute Gasteiger partial charge is 0.252 e. The van der Waals surface area contributed by atoms with Crippen LogP contribution in [-0.4, -0.2) is 59.7 Å². The quantitative estimate of drug-likeness (QED) is 0.399. The highest BCUT2D eigenvalue weighted by Gasteiger charge is 2.54. The molecule has 2 aliphatic heterocycles. The van der Waals surface area contributed by atoms with Crippen LogP contribution < -0.4 is 21.7 Å². The van der Waals surface area contributed by atoms with E-state index in [1.54, 1.807) is 13.1 Å². The Hall–Kier alpha value is -2.15. The van der Waals surface area contributed by atoms with E-state index in [2.05, 4.69) is 16.2 Å². The highest BCUT2D eigenvalue weighted by Crippen LogP contribution is 2.39. The van der Waals surface area contributed by atoms with Crippen LogP contribution in [0, 0.1) is 11.8 Å². The van der Waals surface area contributed by atoms with Crippen LogP contribution in [0.4, 0.5) is 10.1 Å². The van der Waals surface area contributed by atoms with Crippen LogP contribution in [0.2, 0.25) is 0 Å². The molecule has 2 saturated heterocycles. The summed E-state index contributed by atoms with van der Waals surface area (Å²) in [5, 5.41) is 1.57. The standard InChI is InChI=1S/C18H24FN5O5S/c1-23-4-2-11(8-15(23)26)20-18(27)13-3-5-24(13)30(28,29)14-7-10(9-25)6-12-16(14)21-22-17(12)19/h2,4,8-10,12-14,16-17,21-22H,3,5-7H2,1H3,(H,20,27)/t10?,12?,13-,14?,16?,17?/m0/s1. The maximum absolute atomic E-state index is 14.1. The van der Waals surface area contributed by atoms with Crippen LogP contribution in [0.5, 0.6) is 0 Å². The maximum Gasteiger partial charge on any atom is 0.252 e. The number of amides is 1. The number of nitrogens with zero attached hydrogens (tertiary/aromatic N) is 2. The van der Waals surface area contributed by atoms with Crippen LogP contribution in [0.15, 0.2) is 23.1 Å². The number of carbonyl (C=O) groups is 2. The van der Waals surface area contributed by atoms with Gasteiger partial charge in [-0.2, -0.15) is 4.31 Å². The maximum atomic E-state index is 14.1. The Bertz CT molecular complexity index is 1010. The van der Waals surface area contributed by atoms with Gasteiger partial charge in [0, 0.05) is 49.4 Å². The van der Waals surface area contributed by atoms with E-state index in [0.29, 0.717) is 12.7 Å². The molecule has 1 saturated carbocycles. The van der Waals surface area contributed by atoms with Gasteiger partial charge in [0.2, 0.25) is 15.9 Å². The molecule has 1 aromatic rings. The lowest BCUT2D eigenvalue weighted by Crippen LogP contribution is -2.62. The average molecular weight is 441 g/mol. The molecular formula is C18H24FN5O5S. The Balaban J connectivity index is 1.52. The number of aldehydes is 1. The summed E-state index contributed by atoms with van der Waals surface area (Å²) in [6, 6.07) is 1.21. The summed E-state index contributed by atoms with van der Waals surface area (Å²) in [5.41, 5.74) is 5.14. The van der Waals surface area contributed by atoms with E-state index in [9.17, 15) is 27.2 Å². The molecule has 3 fully saturated rings. The van der Waals surface area contributed by atoms with Crippen molar-refractivity contribution in [2.75, 3.05) is 11.9 Å². The first kappa shape index (κ1) is 21.1. The van der Waals surface area contributed by atoms with Crippen LogP contribution in [0.1, 0.15) is 19.3 Å². The number of sulfonamides is 1. The van der Waals surface area contributed by atoms with Crippen molar-refractivity contribution in [3.8, 4) is 0 Å². The van der Waals surface area contributed by atoms with Crippen LogP contribution in [0.3, 0.4) is 0 Å². The second kappa shape index (κ2) is 7.84. The molecule has 1 aromatic heterocycles. The number of pyridine rings is 1. The molecule has 0 spiro atoms. The molecular weight excluding hydrogens is 417 g/mol. The van der Waals surface area contributed by atoms with Crippen LogP contribution in [-0.2, 0) is 26.7 Å². The number of anilines is 1.